The molecule has 0 aliphatic carbocycles. The van der Waals surface area contributed by atoms with E-state index < -0.39 is 0 Å². The molecule has 1 nitrogen and oxygen atoms in total. The van der Waals surface area contributed by atoms with Gasteiger partial charge in [0.25, 0.3) is 0 Å². The van der Waals surface area contributed by atoms with Crippen molar-refractivity contribution in [2.45, 2.75) is 66.2 Å². The quantitative estimate of drug-likeness (QED) is 0.485. The molecule has 0 N–H and O–H groups in total. The molecule has 0 radical (unpaired) electrons. The lowest BCUT2D eigenvalue weighted by Crippen LogP contribution is -2.20. The predicted molar refractivity (Wildman–Crippen MR) is 81.8 cm³/mol. The Bertz CT molecular complexity index is 156. The van der Waals surface area contributed by atoms with E-state index in [4.69, 9.17) is 0 Å². The summed E-state index contributed by atoms with van der Waals surface area (Å²) in [6, 6.07) is 0. The largest absolute Gasteiger partial charge is 0.378 e. The smallest absolute Gasteiger partial charge is 0.0172 e. The van der Waals surface area contributed by atoms with Crippen LogP contribution in [0, 0.1) is 5.92 Å². The zero-order chi connectivity index (χ0) is 12.2. The fraction of sp³-hybridized carbons (Fsp3) is 0.867. The van der Waals surface area contributed by atoms with Crippen LogP contribution in [0.25, 0.3) is 0 Å². The summed E-state index contributed by atoms with van der Waals surface area (Å²) < 4.78 is 0. The molecule has 2 heteroatoms. The molecule has 0 aromatic rings. The number of nitrogens with zero attached hydrogens (tertiary/aromatic N) is 1. The Morgan fingerprint density at radius 1 is 0.882 bits per heavy atom. The van der Waals surface area contributed by atoms with E-state index in [-0.39, 0.29) is 12.4 Å². The SMILES string of the molecule is CCCCCN(C=CC(C)C)CCCCC.Cl. The Kier molecular flexibility index (Phi) is 15.7. The molecule has 0 aromatic heterocycles. The van der Waals surface area contributed by atoms with Crippen LogP contribution in [-0.4, -0.2) is 18.0 Å². The molecule has 0 bridgehead atoms. The molecule has 0 saturated heterocycles. The summed E-state index contributed by atoms with van der Waals surface area (Å²) in [5.74, 6) is 0.667. The zero-order valence-electron chi connectivity index (χ0n) is 12.2. The van der Waals surface area contributed by atoms with Gasteiger partial charge in [-0.05, 0) is 25.0 Å². The van der Waals surface area contributed by atoms with E-state index >= 15 is 0 Å². The van der Waals surface area contributed by atoms with Crippen LogP contribution >= 0.6 is 12.4 Å². The van der Waals surface area contributed by atoms with Crippen molar-refractivity contribution < 1.29 is 0 Å². The van der Waals surface area contributed by atoms with Crippen LogP contribution in [-0.2, 0) is 0 Å². The van der Waals surface area contributed by atoms with Crippen molar-refractivity contribution >= 4 is 12.4 Å². The van der Waals surface area contributed by atoms with E-state index in [1.54, 1.807) is 0 Å². The third-order valence-electron chi connectivity index (χ3n) is 2.78. The molecule has 0 spiro atoms. The summed E-state index contributed by atoms with van der Waals surface area (Å²) >= 11 is 0. The van der Waals surface area contributed by atoms with Crippen molar-refractivity contribution in [1.29, 1.82) is 0 Å². The topological polar surface area (TPSA) is 3.24 Å². The normalized spacial score (nSPS) is 10.9. The summed E-state index contributed by atoms with van der Waals surface area (Å²) in [6.45, 7) is 11.5. The minimum Gasteiger partial charge on any atom is -0.378 e. The number of unbranched alkanes of at least 4 members (excludes halogenated alkanes) is 4. The number of rotatable bonds is 10. The lowest BCUT2D eigenvalue weighted by molar-refractivity contribution is 0.352. The maximum absolute atomic E-state index is 2.51. The fourth-order valence-corrected chi connectivity index (χ4v) is 1.68. The van der Waals surface area contributed by atoms with Gasteiger partial charge in [0.1, 0.15) is 0 Å². The van der Waals surface area contributed by atoms with Gasteiger partial charge in [-0.25, -0.2) is 0 Å². The highest BCUT2D eigenvalue weighted by Gasteiger charge is 1.99. The lowest BCUT2D eigenvalue weighted by atomic mass is 10.2. The monoisotopic (exact) mass is 261 g/mol. The Hall–Kier alpha value is -0.170. The van der Waals surface area contributed by atoms with Crippen molar-refractivity contribution in [3.05, 3.63) is 12.3 Å². The standard InChI is InChI=1S/C15H31N.ClH/c1-5-7-9-12-16(13-10-8-6-2)14-11-15(3)4;/h11,14-15H,5-10,12-13H2,1-4H3;1H. The molecule has 17 heavy (non-hydrogen) atoms. The molecule has 0 aromatic carbocycles. The highest BCUT2D eigenvalue weighted by Crippen LogP contribution is 2.05. The molecule has 0 saturated carbocycles. The second-order valence-electron chi connectivity index (χ2n) is 5.04. The minimum absolute atomic E-state index is 0. The van der Waals surface area contributed by atoms with Crippen LogP contribution in [0.15, 0.2) is 12.3 Å². The van der Waals surface area contributed by atoms with Crippen LogP contribution in [0.4, 0.5) is 0 Å². The summed E-state index contributed by atoms with van der Waals surface area (Å²) in [5, 5.41) is 0. The molecule has 0 amide bonds. The summed E-state index contributed by atoms with van der Waals surface area (Å²) in [5.41, 5.74) is 0. The van der Waals surface area contributed by atoms with E-state index in [1.165, 1.54) is 51.6 Å². The van der Waals surface area contributed by atoms with Gasteiger partial charge in [0.05, 0.1) is 0 Å². The van der Waals surface area contributed by atoms with Crippen LogP contribution in [0.5, 0.6) is 0 Å². The van der Waals surface area contributed by atoms with E-state index in [2.05, 4.69) is 44.9 Å². The van der Waals surface area contributed by atoms with Crippen LogP contribution in [0.2, 0.25) is 0 Å². The Morgan fingerprint density at radius 2 is 1.35 bits per heavy atom. The molecule has 0 aliphatic heterocycles. The Labute approximate surface area is 115 Å². The zero-order valence-corrected chi connectivity index (χ0v) is 13.1. The Morgan fingerprint density at radius 3 is 1.71 bits per heavy atom. The van der Waals surface area contributed by atoms with Gasteiger partial charge in [-0.3, -0.25) is 0 Å². The highest BCUT2D eigenvalue weighted by atomic mass is 35.5. The lowest BCUT2D eigenvalue weighted by Gasteiger charge is -2.20. The maximum Gasteiger partial charge on any atom is 0.0172 e. The van der Waals surface area contributed by atoms with Crippen molar-refractivity contribution in [2.75, 3.05) is 13.1 Å². The van der Waals surface area contributed by atoms with Crippen LogP contribution < -0.4 is 0 Å². The average Bonchev–Trinajstić information content (AvgIpc) is 2.25. The second-order valence-corrected chi connectivity index (χ2v) is 5.04. The number of halogens is 1. The van der Waals surface area contributed by atoms with E-state index in [9.17, 15) is 0 Å². The van der Waals surface area contributed by atoms with Gasteiger partial charge in [-0.1, -0.05) is 59.5 Å². The molecular formula is C15H32ClN. The molecule has 0 rings (SSSR count). The first-order valence-corrected chi connectivity index (χ1v) is 7.13. The Balaban J connectivity index is 0. The number of hydrogen-bond donors (Lipinski definition) is 0. The number of allylic oxidation sites excluding steroid dienone is 1. The third kappa shape index (κ3) is 13.8. The maximum atomic E-state index is 2.51. The van der Waals surface area contributed by atoms with Gasteiger partial charge >= 0.3 is 0 Å². The van der Waals surface area contributed by atoms with Crippen molar-refractivity contribution in [2.24, 2.45) is 5.92 Å². The third-order valence-corrected chi connectivity index (χ3v) is 2.78. The van der Waals surface area contributed by atoms with Gasteiger partial charge in [0, 0.05) is 13.1 Å². The van der Waals surface area contributed by atoms with Gasteiger partial charge in [-0.15, -0.1) is 12.4 Å². The molecule has 0 heterocycles. The summed E-state index contributed by atoms with van der Waals surface area (Å²) in [7, 11) is 0. The molecule has 0 atom stereocenters. The summed E-state index contributed by atoms with van der Waals surface area (Å²) in [6.07, 6.45) is 12.7. The molecule has 0 aliphatic rings. The first-order chi connectivity index (χ1) is 7.70. The van der Waals surface area contributed by atoms with Gasteiger partial charge in [0.2, 0.25) is 0 Å². The average molecular weight is 262 g/mol. The van der Waals surface area contributed by atoms with Crippen LogP contribution in [0.3, 0.4) is 0 Å². The van der Waals surface area contributed by atoms with Crippen LogP contribution in [0.1, 0.15) is 66.2 Å². The predicted octanol–water partition coefficient (Wildman–Crippen LogP) is 5.26. The van der Waals surface area contributed by atoms with E-state index in [0.717, 1.165) is 0 Å². The summed E-state index contributed by atoms with van der Waals surface area (Å²) in [4.78, 5) is 2.51. The molecular weight excluding hydrogens is 230 g/mol. The number of hydrogen-bond acceptors (Lipinski definition) is 1. The van der Waals surface area contributed by atoms with Crippen molar-refractivity contribution in [1.82, 2.24) is 4.90 Å². The van der Waals surface area contributed by atoms with E-state index in [1.807, 2.05) is 0 Å². The van der Waals surface area contributed by atoms with Crippen molar-refractivity contribution in [3.8, 4) is 0 Å². The first kappa shape index (κ1) is 19.2. The van der Waals surface area contributed by atoms with Gasteiger partial charge in [0.15, 0.2) is 0 Å². The van der Waals surface area contributed by atoms with E-state index in [0.29, 0.717) is 5.92 Å². The van der Waals surface area contributed by atoms with Crippen molar-refractivity contribution in [3.63, 3.8) is 0 Å². The fourth-order valence-electron chi connectivity index (χ4n) is 1.68. The molecule has 0 fully saturated rings. The minimum atomic E-state index is 0. The highest BCUT2D eigenvalue weighted by molar-refractivity contribution is 5.85. The second kappa shape index (κ2) is 13.9. The first-order valence-electron chi connectivity index (χ1n) is 7.13. The molecule has 104 valence electrons. The van der Waals surface area contributed by atoms with Gasteiger partial charge in [-0.2, -0.15) is 0 Å². The van der Waals surface area contributed by atoms with Gasteiger partial charge < -0.3 is 4.90 Å². The molecule has 0 unspecified atom stereocenters.